The largest absolute Gasteiger partial charge is 0.508 e. The Kier molecular flexibility index (Phi) is 3.77. The van der Waals surface area contributed by atoms with Crippen LogP contribution in [0.15, 0.2) is 42.5 Å². The van der Waals surface area contributed by atoms with Crippen LogP contribution in [0.5, 0.6) is 11.5 Å². The van der Waals surface area contributed by atoms with Gasteiger partial charge in [-0.3, -0.25) is 4.79 Å². The van der Waals surface area contributed by atoms with Gasteiger partial charge in [-0.1, -0.05) is 16.4 Å². The van der Waals surface area contributed by atoms with Gasteiger partial charge in [0.25, 0.3) is 5.91 Å². The molecule has 3 aromatic rings. The van der Waals surface area contributed by atoms with E-state index in [4.69, 9.17) is 12.2 Å². The van der Waals surface area contributed by atoms with Gasteiger partial charge in [0.05, 0.1) is 11.4 Å². The van der Waals surface area contributed by atoms with Gasteiger partial charge in [-0.2, -0.15) is 5.21 Å². The number of phenolic OH excluding ortho intramolecular Hbond substituents is 2. The minimum absolute atomic E-state index is 0.0679. The number of amides is 1. The van der Waals surface area contributed by atoms with Crippen molar-refractivity contribution in [3.63, 3.8) is 0 Å². The molecule has 0 aliphatic heterocycles. The fourth-order valence-electron chi connectivity index (χ4n) is 1.97. The van der Waals surface area contributed by atoms with Gasteiger partial charge in [0.1, 0.15) is 11.5 Å². The third-order valence-electron chi connectivity index (χ3n) is 3.07. The maximum atomic E-state index is 12.3. The van der Waals surface area contributed by atoms with E-state index in [-0.39, 0.29) is 22.0 Å². The van der Waals surface area contributed by atoms with E-state index in [1.807, 2.05) is 0 Å². The molecule has 0 aliphatic carbocycles. The van der Waals surface area contributed by atoms with Crippen LogP contribution in [0.2, 0.25) is 0 Å². The lowest BCUT2D eigenvalue weighted by Gasteiger charge is -2.09. The molecule has 1 heterocycles. The molecule has 2 aromatic carbocycles. The Morgan fingerprint density at radius 1 is 1.22 bits per heavy atom. The van der Waals surface area contributed by atoms with E-state index < -0.39 is 5.91 Å². The van der Waals surface area contributed by atoms with Gasteiger partial charge < -0.3 is 15.5 Å². The SMILES string of the molecule is O=C(Nc1cc(O)ccc1O)c1cccc(-n2[nH]nnc2=S)c1. The number of rotatable bonds is 3. The van der Waals surface area contributed by atoms with Crippen molar-refractivity contribution < 1.29 is 15.0 Å². The number of H-pyrrole nitrogens is 1. The highest BCUT2D eigenvalue weighted by atomic mass is 32.1. The minimum atomic E-state index is -0.452. The number of aromatic nitrogens is 4. The Labute approximate surface area is 135 Å². The smallest absolute Gasteiger partial charge is 0.255 e. The summed E-state index contributed by atoms with van der Waals surface area (Å²) in [6, 6.07) is 10.5. The van der Waals surface area contributed by atoms with E-state index in [9.17, 15) is 15.0 Å². The predicted molar refractivity (Wildman–Crippen MR) is 84.3 cm³/mol. The second-order valence-corrected chi connectivity index (χ2v) is 4.99. The van der Waals surface area contributed by atoms with Crippen LogP contribution in [0, 0.1) is 4.77 Å². The third-order valence-corrected chi connectivity index (χ3v) is 3.33. The van der Waals surface area contributed by atoms with Crippen molar-refractivity contribution in [3.8, 4) is 17.2 Å². The number of carbonyl (C=O) groups excluding carboxylic acids is 1. The molecule has 0 saturated carbocycles. The fourth-order valence-corrected chi connectivity index (χ4v) is 2.16. The van der Waals surface area contributed by atoms with Crippen molar-refractivity contribution in [3.05, 3.63) is 52.8 Å². The van der Waals surface area contributed by atoms with Crippen molar-refractivity contribution in [2.45, 2.75) is 0 Å². The number of benzene rings is 2. The number of nitrogens with zero attached hydrogens (tertiary/aromatic N) is 3. The quantitative estimate of drug-likeness (QED) is 0.332. The molecule has 0 aliphatic rings. The Bertz CT molecular complexity index is 934. The van der Waals surface area contributed by atoms with Crippen LogP contribution in [0.1, 0.15) is 10.4 Å². The van der Waals surface area contributed by atoms with E-state index in [2.05, 4.69) is 20.8 Å². The summed E-state index contributed by atoms with van der Waals surface area (Å²) in [6.45, 7) is 0. The zero-order valence-corrected chi connectivity index (χ0v) is 12.4. The molecule has 0 bridgehead atoms. The lowest BCUT2D eigenvalue weighted by Crippen LogP contribution is -2.12. The lowest BCUT2D eigenvalue weighted by molar-refractivity contribution is 0.102. The van der Waals surface area contributed by atoms with E-state index >= 15 is 0 Å². The van der Waals surface area contributed by atoms with E-state index in [0.29, 0.717) is 11.3 Å². The minimum Gasteiger partial charge on any atom is -0.508 e. The maximum absolute atomic E-state index is 12.3. The molecular formula is C14H11N5O3S. The highest BCUT2D eigenvalue weighted by Gasteiger charge is 2.11. The molecule has 0 spiro atoms. The summed E-state index contributed by atoms with van der Waals surface area (Å²) < 4.78 is 1.67. The molecule has 1 amide bonds. The normalized spacial score (nSPS) is 10.4. The first-order valence-corrected chi connectivity index (χ1v) is 6.89. The molecule has 0 radical (unpaired) electrons. The standard InChI is InChI=1S/C14H11N5O3S/c20-10-4-5-12(21)11(7-10)15-13(22)8-2-1-3-9(6-8)19-14(23)16-17-18-19/h1-7,20-21H,(H,15,22)(H,16,18,23). The van der Waals surface area contributed by atoms with Gasteiger partial charge in [-0.05, 0) is 42.5 Å². The number of hydrogen-bond donors (Lipinski definition) is 4. The first-order valence-electron chi connectivity index (χ1n) is 6.48. The molecule has 9 heteroatoms. The van der Waals surface area contributed by atoms with Crippen molar-refractivity contribution in [2.24, 2.45) is 0 Å². The van der Waals surface area contributed by atoms with E-state index in [0.717, 1.165) is 0 Å². The van der Waals surface area contributed by atoms with Gasteiger partial charge in [0.15, 0.2) is 0 Å². The molecular weight excluding hydrogens is 318 g/mol. The molecule has 0 unspecified atom stereocenters. The van der Waals surface area contributed by atoms with E-state index in [1.54, 1.807) is 24.3 Å². The van der Waals surface area contributed by atoms with Crippen LogP contribution in [-0.2, 0) is 0 Å². The summed E-state index contributed by atoms with van der Waals surface area (Å²) in [5.74, 6) is -0.666. The highest BCUT2D eigenvalue weighted by molar-refractivity contribution is 7.71. The monoisotopic (exact) mass is 329 g/mol. The molecule has 0 atom stereocenters. The van der Waals surface area contributed by atoms with Crippen molar-refractivity contribution in [2.75, 3.05) is 5.32 Å². The fraction of sp³-hybridized carbons (Fsp3) is 0. The Morgan fingerprint density at radius 2 is 2.04 bits per heavy atom. The number of tetrazole rings is 1. The molecule has 0 fully saturated rings. The molecule has 4 N–H and O–H groups in total. The van der Waals surface area contributed by atoms with Gasteiger partial charge in [0, 0.05) is 11.6 Å². The van der Waals surface area contributed by atoms with Crippen LogP contribution < -0.4 is 5.32 Å². The van der Waals surface area contributed by atoms with Gasteiger partial charge in [-0.25, -0.2) is 4.68 Å². The second kappa shape index (κ2) is 5.89. The summed E-state index contributed by atoms with van der Waals surface area (Å²) in [5, 5.41) is 31.5. The highest BCUT2D eigenvalue weighted by Crippen LogP contribution is 2.27. The molecule has 116 valence electrons. The topological polar surface area (TPSA) is 116 Å². The number of carbonyl (C=O) groups is 1. The first-order chi connectivity index (χ1) is 11.0. The van der Waals surface area contributed by atoms with E-state index in [1.165, 1.54) is 22.9 Å². The number of nitrogens with one attached hydrogen (secondary N) is 2. The summed E-state index contributed by atoms with van der Waals surface area (Å²) in [4.78, 5) is 12.3. The number of hydrogen-bond acceptors (Lipinski definition) is 6. The van der Waals surface area contributed by atoms with Gasteiger partial charge in [0.2, 0.25) is 4.77 Å². The van der Waals surface area contributed by atoms with Crippen LogP contribution in [0.4, 0.5) is 5.69 Å². The van der Waals surface area contributed by atoms with Crippen molar-refractivity contribution in [1.82, 2.24) is 20.2 Å². The Balaban J connectivity index is 1.90. The number of phenols is 2. The molecule has 23 heavy (non-hydrogen) atoms. The number of anilines is 1. The van der Waals surface area contributed by atoms with Gasteiger partial charge in [-0.15, -0.1) is 0 Å². The number of aromatic amines is 1. The van der Waals surface area contributed by atoms with Crippen molar-refractivity contribution >= 4 is 23.8 Å². The van der Waals surface area contributed by atoms with Crippen LogP contribution in [0.3, 0.4) is 0 Å². The average molecular weight is 329 g/mol. The lowest BCUT2D eigenvalue weighted by atomic mass is 10.1. The Hall–Kier alpha value is -3.20. The summed E-state index contributed by atoms with van der Waals surface area (Å²) in [6.07, 6.45) is 0. The van der Waals surface area contributed by atoms with Crippen LogP contribution >= 0.6 is 12.2 Å². The average Bonchev–Trinajstić information content (AvgIpc) is 2.97. The molecule has 1 aromatic heterocycles. The van der Waals surface area contributed by atoms with Crippen molar-refractivity contribution in [1.29, 1.82) is 0 Å². The maximum Gasteiger partial charge on any atom is 0.255 e. The van der Waals surface area contributed by atoms with Gasteiger partial charge >= 0.3 is 0 Å². The van der Waals surface area contributed by atoms with Crippen LogP contribution in [-0.4, -0.2) is 36.3 Å². The second-order valence-electron chi connectivity index (χ2n) is 4.62. The predicted octanol–water partition coefficient (Wildman–Crippen LogP) is 1.99. The summed E-state index contributed by atoms with van der Waals surface area (Å²) >= 11 is 5.01. The zero-order valence-electron chi connectivity index (χ0n) is 11.6. The Morgan fingerprint density at radius 3 is 2.78 bits per heavy atom. The molecule has 3 rings (SSSR count). The number of aromatic hydroxyl groups is 2. The zero-order chi connectivity index (χ0) is 16.4. The molecule has 8 nitrogen and oxygen atoms in total. The summed E-state index contributed by atoms with van der Waals surface area (Å²) in [7, 11) is 0. The van der Waals surface area contributed by atoms with Crippen LogP contribution in [0.25, 0.3) is 5.69 Å². The summed E-state index contributed by atoms with van der Waals surface area (Å²) in [5.41, 5.74) is 1.04. The first kappa shape index (κ1) is 14.7. The third kappa shape index (κ3) is 3.04. The molecule has 0 saturated heterocycles.